The van der Waals surface area contributed by atoms with Gasteiger partial charge in [0.15, 0.2) is 5.96 Å². The third kappa shape index (κ3) is 8.34. The Hall–Kier alpha value is -3.35. The molecule has 0 spiro atoms. The first-order valence-corrected chi connectivity index (χ1v) is 10.3. The fourth-order valence-corrected chi connectivity index (χ4v) is 2.88. The lowest BCUT2D eigenvalue weighted by atomic mass is 10.1. The van der Waals surface area contributed by atoms with Crippen molar-refractivity contribution in [2.75, 3.05) is 33.2 Å². The summed E-state index contributed by atoms with van der Waals surface area (Å²) in [7, 11) is 1.62. The molecule has 160 valence electrons. The number of nitrogens with zero attached hydrogens (tertiary/aromatic N) is 1. The van der Waals surface area contributed by atoms with Crippen LogP contribution in [0.1, 0.15) is 28.4 Å². The second kappa shape index (κ2) is 13.0. The lowest BCUT2D eigenvalue weighted by Gasteiger charge is -2.12. The SMILES string of the molecule is CCNC(=NCC(=O)NCCc1ccccc1)NCCc1cccc(C(=O)NC)c1. The van der Waals surface area contributed by atoms with E-state index in [1.165, 1.54) is 5.56 Å². The molecular formula is C23H31N5O2. The highest BCUT2D eigenvalue weighted by molar-refractivity contribution is 5.94. The Morgan fingerprint density at radius 2 is 1.57 bits per heavy atom. The van der Waals surface area contributed by atoms with Gasteiger partial charge in [0, 0.05) is 32.2 Å². The summed E-state index contributed by atoms with van der Waals surface area (Å²) in [4.78, 5) is 28.1. The molecule has 7 nitrogen and oxygen atoms in total. The Morgan fingerprint density at radius 3 is 2.30 bits per heavy atom. The summed E-state index contributed by atoms with van der Waals surface area (Å²) in [6.45, 7) is 3.97. The Bertz CT molecular complexity index is 836. The summed E-state index contributed by atoms with van der Waals surface area (Å²) in [5.74, 6) is 0.387. The van der Waals surface area contributed by atoms with Gasteiger partial charge < -0.3 is 21.3 Å². The van der Waals surface area contributed by atoms with Crippen LogP contribution in [0.4, 0.5) is 0 Å². The van der Waals surface area contributed by atoms with E-state index in [-0.39, 0.29) is 18.4 Å². The topological polar surface area (TPSA) is 94.6 Å². The highest BCUT2D eigenvalue weighted by Gasteiger charge is 2.05. The van der Waals surface area contributed by atoms with Gasteiger partial charge in [0.1, 0.15) is 6.54 Å². The maximum atomic E-state index is 12.1. The first kappa shape index (κ1) is 22.9. The monoisotopic (exact) mass is 409 g/mol. The predicted octanol–water partition coefficient (Wildman–Crippen LogP) is 1.50. The van der Waals surface area contributed by atoms with Crippen molar-refractivity contribution in [3.8, 4) is 0 Å². The highest BCUT2D eigenvalue weighted by atomic mass is 16.2. The molecule has 0 bridgehead atoms. The molecule has 0 radical (unpaired) electrons. The Labute approximate surface area is 178 Å². The molecule has 4 N–H and O–H groups in total. The van der Waals surface area contributed by atoms with E-state index in [4.69, 9.17) is 0 Å². The Kier molecular flexibility index (Phi) is 9.92. The van der Waals surface area contributed by atoms with E-state index in [2.05, 4.69) is 26.3 Å². The van der Waals surface area contributed by atoms with Gasteiger partial charge in [-0.3, -0.25) is 9.59 Å². The molecule has 0 atom stereocenters. The van der Waals surface area contributed by atoms with Gasteiger partial charge in [-0.15, -0.1) is 0 Å². The zero-order chi connectivity index (χ0) is 21.6. The van der Waals surface area contributed by atoms with Gasteiger partial charge in [-0.2, -0.15) is 0 Å². The summed E-state index contributed by atoms with van der Waals surface area (Å²) in [6, 6.07) is 17.6. The van der Waals surface area contributed by atoms with Crippen LogP contribution in [0, 0.1) is 0 Å². The zero-order valence-corrected chi connectivity index (χ0v) is 17.7. The molecule has 0 fully saturated rings. The van der Waals surface area contributed by atoms with Gasteiger partial charge in [-0.25, -0.2) is 4.99 Å². The number of aliphatic imine (C=N–C) groups is 1. The fourth-order valence-electron chi connectivity index (χ4n) is 2.88. The summed E-state index contributed by atoms with van der Waals surface area (Å²) >= 11 is 0. The number of hydrogen-bond acceptors (Lipinski definition) is 3. The van der Waals surface area contributed by atoms with Crippen molar-refractivity contribution < 1.29 is 9.59 Å². The maximum Gasteiger partial charge on any atom is 0.251 e. The van der Waals surface area contributed by atoms with Crippen molar-refractivity contribution in [3.63, 3.8) is 0 Å². The van der Waals surface area contributed by atoms with E-state index in [0.29, 0.717) is 31.2 Å². The second-order valence-electron chi connectivity index (χ2n) is 6.74. The predicted molar refractivity (Wildman–Crippen MR) is 121 cm³/mol. The Balaban J connectivity index is 1.76. The average Bonchev–Trinajstić information content (AvgIpc) is 2.78. The minimum Gasteiger partial charge on any atom is -0.357 e. The molecule has 0 aliphatic heterocycles. The number of carbonyl (C=O) groups excluding carboxylic acids is 2. The lowest BCUT2D eigenvalue weighted by Crippen LogP contribution is -2.39. The van der Waals surface area contributed by atoms with E-state index in [1.807, 2.05) is 55.5 Å². The van der Waals surface area contributed by atoms with Crippen LogP contribution < -0.4 is 21.3 Å². The quantitative estimate of drug-likeness (QED) is 0.353. The van der Waals surface area contributed by atoms with Crippen molar-refractivity contribution in [3.05, 3.63) is 71.3 Å². The minimum atomic E-state index is -0.110. The van der Waals surface area contributed by atoms with Crippen LogP contribution in [0.2, 0.25) is 0 Å². The molecule has 0 aromatic heterocycles. The van der Waals surface area contributed by atoms with Crippen LogP contribution in [-0.4, -0.2) is 51.0 Å². The standard InChI is InChI=1S/C23H31N5O2/c1-3-25-23(27-15-13-19-10-7-11-20(16-19)22(30)24-2)28-17-21(29)26-14-12-18-8-5-4-6-9-18/h4-11,16H,3,12-15,17H2,1-2H3,(H,24,30)(H,26,29)(H2,25,27,28). The molecule has 2 rings (SSSR count). The maximum absolute atomic E-state index is 12.1. The normalized spacial score (nSPS) is 10.9. The smallest absolute Gasteiger partial charge is 0.251 e. The van der Waals surface area contributed by atoms with E-state index in [1.54, 1.807) is 13.1 Å². The molecule has 2 amide bonds. The number of nitrogens with one attached hydrogen (secondary N) is 4. The van der Waals surface area contributed by atoms with E-state index < -0.39 is 0 Å². The molecule has 7 heteroatoms. The van der Waals surface area contributed by atoms with Crippen LogP contribution in [0.25, 0.3) is 0 Å². The number of hydrogen-bond donors (Lipinski definition) is 4. The minimum absolute atomic E-state index is 0.0658. The van der Waals surface area contributed by atoms with Crippen molar-refractivity contribution in [1.29, 1.82) is 0 Å². The summed E-state index contributed by atoms with van der Waals surface area (Å²) in [5, 5.41) is 11.9. The first-order chi connectivity index (χ1) is 14.6. The molecule has 2 aromatic carbocycles. The summed E-state index contributed by atoms with van der Waals surface area (Å²) < 4.78 is 0. The van der Waals surface area contributed by atoms with Crippen molar-refractivity contribution in [2.24, 2.45) is 4.99 Å². The van der Waals surface area contributed by atoms with Gasteiger partial charge >= 0.3 is 0 Å². The molecule has 0 saturated carbocycles. The molecule has 0 aliphatic rings. The van der Waals surface area contributed by atoms with Crippen molar-refractivity contribution >= 4 is 17.8 Å². The summed E-state index contributed by atoms with van der Waals surface area (Å²) in [6.07, 6.45) is 1.53. The molecule has 0 heterocycles. The van der Waals surface area contributed by atoms with E-state index in [0.717, 1.165) is 18.4 Å². The van der Waals surface area contributed by atoms with Gasteiger partial charge in [0.05, 0.1) is 0 Å². The zero-order valence-electron chi connectivity index (χ0n) is 17.7. The van der Waals surface area contributed by atoms with Gasteiger partial charge in [0.25, 0.3) is 5.91 Å². The van der Waals surface area contributed by atoms with Crippen molar-refractivity contribution in [2.45, 2.75) is 19.8 Å². The number of amides is 2. The second-order valence-corrected chi connectivity index (χ2v) is 6.74. The molecule has 2 aromatic rings. The van der Waals surface area contributed by atoms with Crippen LogP contribution >= 0.6 is 0 Å². The summed E-state index contributed by atoms with van der Waals surface area (Å²) in [5.41, 5.74) is 2.89. The van der Waals surface area contributed by atoms with Crippen molar-refractivity contribution in [1.82, 2.24) is 21.3 Å². The molecule has 0 unspecified atom stereocenters. The van der Waals surface area contributed by atoms with Gasteiger partial charge in [0.2, 0.25) is 5.91 Å². The third-order valence-electron chi connectivity index (χ3n) is 4.43. The third-order valence-corrected chi connectivity index (χ3v) is 4.43. The first-order valence-electron chi connectivity index (χ1n) is 10.3. The van der Waals surface area contributed by atoms with Gasteiger partial charge in [-0.05, 0) is 43.0 Å². The highest BCUT2D eigenvalue weighted by Crippen LogP contribution is 2.05. The average molecular weight is 410 g/mol. The van der Waals surface area contributed by atoms with Crippen LogP contribution in [-0.2, 0) is 17.6 Å². The molecule has 0 aliphatic carbocycles. The molecule has 30 heavy (non-hydrogen) atoms. The number of rotatable bonds is 10. The largest absolute Gasteiger partial charge is 0.357 e. The van der Waals surface area contributed by atoms with Gasteiger partial charge in [-0.1, -0.05) is 42.5 Å². The number of carbonyl (C=O) groups is 2. The fraction of sp³-hybridized carbons (Fsp3) is 0.348. The number of benzene rings is 2. The van der Waals surface area contributed by atoms with E-state index in [9.17, 15) is 9.59 Å². The lowest BCUT2D eigenvalue weighted by molar-refractivity contribution is -0.119. The van der Waals surface area contributed by atoms with Crippen LogP contribution in [0.5, 0.6) is 0 Å². The van der Waals surface area contributed by atoms with E-state index >= 15 is 0 Å². The molecule has 0 saturated heterocycles. The van der Waals surface area contributed by atoms with Crippen LogP contribution in [0.15, 0.2) is 59.6 Å². The Morgan fingerprint density at radius 1 is 0.867 bits per heavy atom. The number of guanidine groups is 1. The molecular weight excluding hydrogens is 378 g/mol. The van der Waals surface area contributed by atoms with Crippen LogP contribution in [0.3, 0.4) is 0 Å².